The van der Waals surface area contributed by atoms with Crippen LogP contribution >= 0.6 is 0 Å². The van der Waals surface area contributed by atoms with Gasteiger partial charge in [-0.05, 0) is 30.9 Å². The van der Waals surface area contributed by atoms with Crippen molar-refractivity contribution in [1.29, 1.82) is 0 Å². The van der Waals surface area contributed by atoms with Crippen LogP contribution in [-0.2, 0) is 15.4 Å². The first kappa shape index (κ1) is 13.9. The van der Waals surface area contributed by atoms with E-state index in [1.807, 2.05) is 13.0 Å². The lowest BCUT2D eigenvalue weighted by Crippen LogP contribution is -2.46. The molecule has 1 saturated heterocycles. The zero-order valence-corrected chi connectivity index (χ0v) is 12.7. The van der Waals surface area contributed by atoms with Crippen molar-refractivity contribution in [3.8, 4) is 0 Å². The Kier molecular flexibility index (Phi) is 3.50. The molecule has 1 aromatic carbocycles. The fraction of sp³-hybridized carbons (Fsp3) is 0.600. The van der Waals surface area contributed by atoms with Crippen molar-refractivity contribution < 1.29 is 8.42 Å². The van der Waals surface area contributed by atoms with Crippen LogP contribution in [-0.4, -0.2) is 38.1 Å². The van der Waals surface area contributed by atoms with E-state index in [4.69, 9.17) is 0 Å². The average Bonchev–Trinajstić information content (AvgIpc) is 2.79. The van der Waals surface area contributed by atoms with Crippen molar-refractivity contribution in [2.75, 3.05) is 30.7 Å². The maximum Gasteiger partial charge on any atom is 0.214 e. The van der Waals surface area contributed by atoms with Gasteiger partial charge in [0.05, 0.1) is 5.75 Å². The van der Waals surface area contributed by atoms with E-state index in [0.29, 0.717) is 19.5 Å². The van der Waals surface area contributed by atoms with Gasteiger partial charge in [-0.15, -0.1) is 0 Å². The van der Waals surface area contributed by atoms with E-state index in [2.05, 4.69) is 23.5 Å². The number of hydrogen-bond donors (Lipinski definition) is 1. The van der Waals surface area contributed by atoms with E-state index >= 15 is 0 Å². The summed E-state index contributed by atoms with van der Waals surface area (Å²) in [5.41, 5.74) is 2.72. The third kappa shape index (κ3) is 2.23. The first-order chi connectivity index (χ1) is 9.57. The summed E-state index contributed by atoms with van der Waals surface area (Å²) in [4.78, 5) is 0. The van der Waals surface area contributed by atoms with Gasteiger partial charge in [-0.2, -0.15) is 0 Å². The summed E-state index contributed by atoms with van der Waals surface area (Å²) >= 11 is 0. The highest BCUT2D eigenvalue weighted by Gasteiger charge is 2.42. The van der Waals surface area contributed by atoms with Crippen molar-refractivity contribution >= 4 is 15.7 Å². The second kappa shape index (κ2) is 5.04. The number of fused-ring (bicyclic) bond motifs is 2. The van der Waals surface area contributed by atoms with E-state index in [1.54, 1.807) is 4.31 Å². The second-order valence-electron chi connectivity index (χ2n) is 5.89. The Labute approximate surface area is 121 Å². The molecule has 5 heteroatoms. The van der Waals surface area contributed by atoms with Gasteiger partial charge in [-0.3, -0.25) is 0 Å². The Morgan fingerprint density at radius 2 is 1.95 bits per heavy atom. The summed E-state index contributed by atoms with van der Waals surface area (Å²) in [6, 6.07) is 8.43. The molecule has 2 heterocycles. The van der Waals surface area contributed by atoms with Crippen molar-refractivity contribution in [3.05, 3.63) is 29.8 Å². The lowest BCUT2D eigenvalue weighted by Gasteiger charge is -2.38. The minimum atomic E-state index is -3.04. The van der Waals surface area contributed by atoms with E-state index in [9.17, 15) is 8.42 Å². The van der Waals surface area contributed by atoms with E-state index in [-0.39, 0.29) is 11.2 Å². The van der Waals surface area contributed by atoms with Crippen LogP contribution in [0.5, 0.6) is 0 Å². The van der Waals surface area contributed by atoms with Crippen LogP contribution < -0.4 is 5.32 Å². The molecule has 2 aliphatic heterocycles. The number of anilines is 1. The molecule has 4 nitrogen and oxygen atoms in total. The molecule has 1 N–H and O–H groups in total. The molecule has 0 bridgehead atoms. The molecule has 110 valence electrons. The maximum absolute atomic E-state index is 12.1. The molecule has 0 aliphatic carbocycles. The SMILES string of the molecule is CCCS(=O)(=O)N1CCC2(CC1)CNc1ccccc12. The number of nitrogens with zero attached hydrogens (tertiary/aromatic N) is 1. The molecule has 1 fully saturated rings. The van der Waals surface area contributed by atoms with Crippen LogP contribution in [0.25, 0.3) is 0 Å². The quantitative estimate of drug-likeness (QED) is 0.929. The summed E-state index contributed by atoms with van der Waals surface area (Å²) in [5.74, 6) is 0.273. The number of sulfonamides is 1. The number of hydrogen-bond acceptors (Lipinski definition) is 3. The van der Waals surface area contributed by atoms with Gasteiger partial charge in [0.25, 0.3) is 0 Å². The van der Waals surface area contributed by atoms with Gasteiger partial charge in [0, 0.05) is 30.7 Å². The predicted molar refractivity (Wildman–Crippen MR) is 81.5 cm³/mol. The Balaban J connectivity index is 1.77. The largest absolute Gasteiger partial charge is 0.384 e. The van der Waals surface area contributed by atoms with Gasteiger partial charge in [0.15, 0.2) is 0 Å². The van der Waals surface area contributed by atoms with E-state index in [1.165, 1.54) is 11.3 Å². The molecule has 20 heavy (non-hydrogen) atoms. The average molecular weight is 294 g/mol. The van der Waals surface area contributed by atoms with Crippen LogP contribution in [0.1, 0.15) is 31.7 Å². The summed E-state index contributed by atoms with van der Waals surface area (Å²) in [6.07, 6.45) is 2.52. The number of rotatable bonds is 3. The molecular formula is C15H22N2O2S. The van der Waals surface area contributed by atoms with E-state index in [0.717, 1.165) is 19.4 Å². The molecule has 0 amide bonds. The van der Waals surface area contributed by atoms with Gasteiger partial charge < -0.3 is 5.32 Å². The highest BCUT2D eigenvalue weighted by molar-refractivity contribution is 7.89. The van der Waals surface area contributed by atoms with Gasteiger partial charge in [0.2, 0.25) is 10.0 Å². The van der Waals surface area contributed by atoms with Crippen molar-refractivity contribution in [2.24, 2.45) is 0 Å². The van der Waals surface area contributed by atoms with Crippen LogP contribution in [0.15, 0.2) is 24.3 Å². The van der Waals surface area contributed by atoms with Crippen LogP contribution in [0, 0.1) is 0 Å². The number of nitrogens with one attached hydrogen (secondary N) is 1. The monoisotopic (exact) mass is 294 g/mol. The molecule has 1 spiro atoms. The minimum Gasteiger partial charge on any atom is -0.384 e. The molecule has 0 saturated carbocycles. The Morgan fingerprint density at radius 1 is 1.25 bits per heavy atom. The van der Waals surface area contributed by atoms with Crippen LogP contribution in [0.3, 0.4) is 0 Å². The van der Waals surface area contributed by atoms with Gasteiger partial charge >= 0.3 is 0 Å². The lowest BCUT2D eigenvalue weighted by molar-refractivity contribution is 0.249. The third-order valence-corrected chi connectivity index (χ3v) is 6.73. The Hall–Kier alpha value is -1.07. The standard InChI is InChI=1S/C15H22N2O2S/c1-2-11-20(18,19)17-9-7-15(8-10-17)12-16-14-6-4-3-5-13(14)15/h3-6,16H,2,7-12H2,1H3. The Morgan fingerprint density at radius 3 is 2.65 bits per heavy atom. The van der Waals surface area contributed by atoms with Crippen molar-refractivity contribution in [3.63, 3.8) is 0 Å². The third-order valence-electron chi connectivity index (χ3n) is 4.65. The molecule has 2 aliphatic rings. The lowest BCUT2D eigenvalue weighted by atomic mass is 9.75. The second-order valence-corrected chi connectivity index (χ2v) is 7.98. The van der Waals surface area contributed by atoms with Gasteiger partial charge in [-0.25, -0.2) is 12.7 Å². The van der Waals surface area contributed by atoms with Crippen LogP contribution in [0.4, 0.5) is 5.69 Å². The first-order valence-corrected chi connectivity index (χ1v) is 8.99. The Bertz CT molecular complexity index is 590. The maximum atomic E-state index is 12.1. The fourth-order valence-corrected chi connectivity index (χ4v) is 5.00. The van der Waals surface area contributed by atoms with Gasteiger partial charge in [-0.1, -0.05) is 25.1 Å². The normalized spacial score (nSPS) is 21.6. The molecule has 0 aromatic heterocycles. The molecule has 0 radical (unpaired) electrons. The number of para-hydroxylation sites is 1. The van der Waals surface area contributed by atoms with Crippen LogP contribution in [0.2, 0.25) is 0 Å². The zero-order chi connectivity index (χ0) is 14.2. The highest BCUT2D eigenvalue weighted by atomic mass is 32.2. The van der Waals surface area contributed by atoms with Crippen molar-refractivity contribution in [2.45, 2.75) is 31.6 Å². The molecule has 1 aromatic rings. The first-order valence-electron chi connectivity index (χ1n) is 7.39. The molecule has 3 rings (SSSR count). The summed E-state index contributed by atoms with van der Waals surface area (Å²) in [7, 11) is -3.04. The fourth-order valence-electron chi connectivity index (χ4n) is 3.48. The zero-order valence-electron chi connectivity index (χ0n) is 11.9. The molecule has 0 atom stereocenters. The molecule has 0 unspecified atom stereocenters. The highest BCUT2D eigenvalue weighted by Crippen LogP contribution is 2.44. The summed E-state index contributed by atoms with van der Waals surface area (Å²) in [6.45, 7) is 4.16. The van der Waals surface area contributed by atoms with Crippen molar-refractivity contribution in [1.82, 2.24) is 4.31 Å². The minimum absolute atomic E-state index is 0.134. The number of benzene rings is 1. The topological polar surface area (TPSA) is 49.4 Å². The predicted octanol–water partition coefficient (Wildman–Crippen LogP) is 2.19. The van der Waals surface area contributed by atoms with Gasteiger partial charge in [0.1, 0.15) is 0 Å². The summed E-state index contributed by atoms with van der Waals surface area (Å²) < 4.78 is 26.0. The summed E-state index contributed by atoms with van der Waals surface area (Å²) in [5, 5.41) is 3.47. The number of piperidine rings is 1. The smallest absolute Gasteiger partial charge is 0.214 e. The molecular weight excluding hydrogens is 272 g/mol. The van der Waals surface area contributed by atoms with E-state index < -0.39 is 10.0 Å².